The third-order valence-electron chi connectivity index (χ3n) is 3.11. The number of nitrogens with two attached hydrogens (primary N) is 1. The fraction of sp³-hybridized carbons (Fsp3) is 0.538. The van der Waals surface area contributed by atoms with E-state index in [4.69, 9.17) is 5.73 Å². The molecular formula is C13H20N2O. The molecule has 2 rings (SSSR count). The molecule has 0 saturated heterocycles. The summed E-state index contributed by atoms with van der Waals surface area (Å²) in [7, 11) is 2.06. The summed E-state index contributed by atoms with van der Waals surface area (Å²) >= 11 is 0. The van der Waals surface area contributed by atoms with Gasteiger partial charge in [-0.3, -0.25) is 0 Å². The van der Waals surface area contributed by atoms with Crippen molar-refractivity contribution in [2.75, 3.05) is 25.9 Å². The SMILES string of the molecule is CN(CC1CC1)CC(O)c1ccccc1N. The van der Waals surface area contributed by atoms with Crippen molar-refractivity contribution in [3.63, 3.8) is 0 Å². The van der Waals surface area contributed by atoms with Crippen LogP contribution in [0.15, 0.2) is 24.3 Å². The smallest absolute Gasteiger partial charge is 0.0936 e. The Morgan fingerprint density at radius 1 is 1.44 bits per heavy atom. The van der Waals surface area contributed by atoms with Crippen molar-refractivity contribution in [1.82, 2.24) is 4.90 Å². The molecule has 1 aromatic rings. The maximum absolute atomic E-state index is 10.1. The second kappa shape index (κ2) is 4.85. The summed E-state index contributed by atoms with van der Waals surface area (Å²) in [5.74, 6) is 0.852. The van der Waals surface area contributed by atoms with Crippen LogP contribution in [0.4, 0.5) is 5.69 Å². The van der Waals surface area contributed by atoms with Gasteiger partial charge in [0.15, 0.2) is 0 Å². The molecule has 3 nitrogen and oxygen atoms in total. The maximum Gasteiger partial charge on any atom is 0.0936 e. The molecule has 3 N–H and O–H groups in total. The van der Waals surface area contributed by atoms with Gasteiger partial charge in [-0.1, -0.05) is 18.2 Å². The lowest BCUT2D eigenvalue weighted by Gasteiger charge is -2.21. The van der Waals surface area contributed by atoms with Gasteiger partial charge in [0.25, 0.3) is 0 Å². The van der Waals surface area contributed by atoms with Crippen molar-refractivity contribution in [1.29, 1.82) is 0 Å². The summed E-state index contributed by atoms with van der Waals surface area (Å²) in [4.78, 5) is 2.19. The minimum absolute atomic E-state index is 0.482. The number of likely N-dealkylation sites (N-methyl/N-ethyl adjacent to an activating group) is 1. The van der Waals surface area contributed by atoms with Crippen LogP contribution in [-0.4, -0.2) is 30.1 Å². The molecule has 88 valence electrons. The van der Waals surface area contributed by atoms with Crippen LogP contribution < -0.4 is 5.73 Å². The van der Waals surface area contributed by atoms with Crippen LogP contribution in [0.25, 0.3) is 0 Å². The van der Waals surface area contributed by atoms with E-state index in [2.05, 4.69) is 11.9 Å². The molecule has 16 heavy (non-hydrogen) atoms. The number of hydrogen-bond acceptors (Lipinski definition) is 3. The van der Waals surface area contributed by atoms with Gasteiger partial charge in [-0.25, -0.2) is 0 Å². The van der Waals surface area contributed by atoms with Crippen LogP contribution in [0, 0.1) is 5.92 Å². The second-order valence-corrected chi connectivity index (χ2v) is 4.81. The summed E-state index contributed by atoms with van der Waals surface area (Å²) in [5, 5.41) is 10.1. The van der Waals surface area contributed by atoms with Crippen molar-refractivity contribution in [3.8, 4) is 0 Å². The number of para-hydroxylation sites is 1. The Morgan fingerprint density at radius 3 is 2.75 bits per heavy atom. The number of nitrogens with zero attached hydrogens (tertiary/aromatic N) is 1. The number of benzene rings is 1. The van der Waals surface area contributed by atoms with E-state index in [1.54, 1.807) is 0 Å². The molecule has 0 aromatic heterocycles. The normalized spacial score (nSPS) is 17.7. The largest absolute Gasteiger partial charge is 0.398 e. The van der Waals surface area contributed by atoms with Gasteiger partial charge >= 0.3 is 0 Å². The van der Waals surface area contributed by atoms with Crippen LogP contribution in [0.2, 0.25) is 0 Å². The number of nitrogen functional groups attached to an aromatic ring is 1. The molecule has 1 saturated carbocycles. The first-order valence-electron chi connectivity index (χ1n) is 5.88. The van der Waals surface area contributed by atoms with Crippen LogP contribution in [0.3, 0.4) is 0 Å². The van der Waals surface area contributed by atoms with Gasteiger partial charge in [0.2, 0.25) is 0 Å². The first-order valence-corrected chi connectivity index (χ1v) is 5.88. The molecule has 0 heterocycles. The van der Waals surface area contributed by atoms with Gasteiger partial charge in [0.1, 0.15) is 0 Å². The molecule has 0 radical (unpaired) electrons. The predicted molar refractivity (Wildman–Crippen MR) is 66.0 cm³/mol. The fourth-order valence-electron chi connectivity index (χ4n) is 2.02. The average Bonchev–Trinajstić information content (AvgIpc) is 3.01. The standard InChI is InChI=1S/C13H20N2O/c1-15(8-10-6-7-10)9-13(16)11-4-2-3-5-12(11)14/h2-5,10,13,16H,6-9,14H2,1H3. The second-order valence-electron chi connectivity index (χ2n) is 4.81. The highest BCUT2D eigenvalue weighted by Gasteiger charge is 2.24. The van der Waals surface area contributed by atoms with Crippen molar-refractivity contribution in [2.24, 2.45) is 5.92 Å². The molecule has 1 atom stereocenters. The van der Waals surface area contributed by atoms with Crippen LogP contribution in [0.5, 0.6) is 0 Å². The number of anilines is 1. The molecular weight excluding hydrogens is 200 g/mol. The molecule has 1 fully saturated rings. The molecule has 3 heteroatoms. The number of aliphatic hydroxyl groups excluding tert-OH is 1. The van der Waals surface area contributed by atoms with Gasteiger partial charge in [-0.2, -0.15) is 0 Å². The fourth-order valence-corrected chi connectivity index (χ4v) is 2.02. The Bertz CT molecular complexity index is 350. The van der Waals surface area contributed by atoms with Crippen LogP contribution in [0.1, 0.15) is 24.5 Å². The Labute approximate surface area is 96.9 Å². The summed E-state index contributed by atoms with van der Waals surface area (Å²) in [6.07, 6.45) is 2.20. The molecule has 0 bridgehead atoms. The number of hydrogen-bond donors (Lipinski definition) is 2. The molecule has 0 aliphatic heterocycles. The van der Waals surface area contributed by atoms with E-state index in [1.807, 2.05) is 24.3 Å². The van der Waals surface area contributed by atoms with Crippen LogP contribution >= 0.6 is 0 Å². The average molecular weight is 220 g/mol. The van der Waals surface area contributed by atoms with E-state index in [-0.39, 0.29) is 0 Å². The Morgan fingerprint density at radius 2 is 2.12 bits per heavy atom. The highest BCUT2D eigenvalue weighted by molar-refractivity contribution is 5.47. The summed E-state index contributed by atoms with van der Waals surface area (Å²) < 4.78 is 0. The van der Waals surface area contributed by atoms with E-state index in [0.717, 1.165) is 18.0 Å². The lowest BCUT2D eigenvalue weighted by Crippen LogP contribution is -2.27. The van der Waals surface area contributed by atoms with Gasteiger partial charge in [-0.05, 0) is 31.9 Å². The Hall–Kier alpha value is -1.06. The van der Waals surface area contributed by atoms with E-state index in [0.29, 0.717) is 12.2 Å². The van der Waals surface area contributed by atoms with E-state index in [9.17, 15) is 5.11 Å². The zero-order chi connectivity index (χ0) is 11.5. The zero-order valence-electron chi connectivity index (χ0n) is 9.76. The van der Waals surface area contributed by atoms with Crippen molar-refractivity contribution >= 4 is 5.69 Å². The topological polar surface area (TPSA) is 49.5 Å². The van der Waals surface area contributed by atoms with E-state index >= 15 is 0 Å². The zero-order valence-corrected chi connectivity index (χ0v) is 9.76. The molecule has 0 spiro atoms. The van der Waals surface area contributed by atoms with E-state index in [1.165, 1.54) is 12.8 Å². The number of rotatable bonds is 5. The van der Waals surface area contributed by atoms with E-state index < -0.39 is 6.10 Å². The molecule has 1 aliphatic rings. The van der Waals surface area contributed by atoms with Crippen molar-refractivity contribution in [2.45, 2.75) is 18.9 Å². The minimum atomic E-state index is -0.482. The monoisotopic (exact) mass is 220 g/mol. The maximum atomic E-state index is 10.1. The first kappa shape index (κ1) is 11.4. The summed E-state index contributed by atoms with van der Waals surface area (Å²) in [6, 6.07) is 7.53. The highest BCUT2D eigenvalue weighted by Crippen LogP contribution is 2.30. The van der Waals surface area contributed by atoms with Gasteiger partial charge in [-0.15, -0.1) is 0 Å². The lowest BCUT2D eigenvalue weighted by atomic mass is 10.1. The number of aliphatic hydroxyl groups is 1. The molecule has 0 amide bonds. The summed E-state index contributed by atoms with van der Waals surface area (Å²) in [6.45, 7) is 1.74. The lowest BCUT2D eigenvalue weighted by molar-refractivity contribution is 0.125. The molecule has 1 aromatic carbocycles. The third kappa shape index (κ3) is 2.97. The minimum Gasteiger partial charge on any atom is -0.398 e. The quantitative estimate of drug-likeness (QED) is 0.742. The Balaban J connectivity index is 1.91. The highest BCUT2D eigenvalue weighted by atomic mass is 16.3. The van der Waals surface area contributed by atoms with Gasteiger partial charge in [0, 0.05) is 24.3 Å². The Kier molecular flexibility index (Phi) is 3.46. The first-order chi connectivity index (χ1) is 7.66. The van der Waals surface area contributed by atoms with Crippen LogP contribution in [-0.2, 0) is 0 Å². The van der Waals surface area contributed by atoms with Gasteiger partial charge < -0.3 is 15.7 Å². The van der Waals surface area contributed by atoms with Crippen molar-refractivity contribution in [3.05, 3.63) is 29.8 Å². The molecule has 1 unspecified atom stereocenters. The van der Waals surface area contributed by atoms with Gasteiger partial charge in [0.05, 0.1) is 6.10 Å². The summed E-state index contributed by atoms with van der Waals surface area (Å²) in [5.41, 5.74) is 7.35. The third-order valence-corrected chi connectivity index (χ3v) is 3.11. The molecule has 1 aliphatic carbocycles. The van der Waals surface area contributed by atoms with Crippen molar-refractivity contribution < 1.29 is 5.11 Å². The predicted octanol–water partition coefficient (Wildman–Crippen LogP) is 1.64.